The van der Waals surface area contributed by atoms with Crippen LogP contribution in [0.3, 0.4) is 0 Å². The number of unbranched alkanes of at least 4 members (excludes halogenated alkanes) is 1. The molecular formula is C25H38IN3O3. The van der Waals surface area contributed by atoms with Crippen LogP contribution in [0.15, 0.2) is 59.6 Å². The van der Waals surface area contributed by atoms with Gasteiger partial charge in [-0.3, -0.25) is 4.99 Å². The van der Waals surface area contributed by atoms with Gasteiger partial charge < -0.3 is 24.8 Å². The van der Waals surface area contributed by atoms with Crippen LogP contribution in [0.4, 0.5) is 0 Å². The van der Waals surface area contributed by atoms with Gasteiger partial charge in [-0.05, 0) is 23.1 Å². The fraction of sp³-hybridized carbons (Fsp3) is 0.480. The zero-order valence-corrected chi connectivity index (χ0v) is 21.7. The Bertz CT molecular complexity index is 744. The minimum absolute atomic E-state index is 0. The summed E-state index contributed by atoms with van der Waals surface area (Å²) in [4.78, 5) is 4.29. The second kappa shape index (κ2) is 18.8. The molecule has 0 aliphatic rings. The number of guanidine groups is 1. The van der Waals surface area contributed by atoms with E-state index in [4.69, 9.17) is 14.2 Å². The Morgan fingerprint density at radius 1 is 0.781 bits per heavy atom. The minimum Gasteiger partial charge on any atom is -0.379 e. The number of halogens is 1. The predicted octanol–water partition coefficient (Wildman–Crippen LogP) is 4.52. The Balaban J connectivity index is 0.00000512. The van der Waals surface area contributed by atoms with E-state index in [2.05, 4.69) is 46.8 Å². The number of benzene rings is 2. The lowest BCUT2D eigenvalue weighted by molar-refractivity contribution is 0.0487. The van der Waals surface area contributed by atoms with Crippen molar-refractivity contribution < 1.29 is 14.2 Å². The highest BCUT2D eigenvalue weighted by Crippen LogP contribution is 2.11. The average Bonchev–Trinajstić information content (AvgIpc) is 2.81. The molecule has 6 nitrogen and oxygen atoms in total. The molecular weight excluding hydrogens is 517 g/mol. The smallest absolute Gasteiger partial charge is 0.191 e. The Morgan fingerprint density at radius 3 is 2.19 bits per heavy atom. The third-order valence-corrected chi connectivity index (χ3v) is 4.71. The zero-order valence-electron chi connectivity index (χ0n) is 19.3. The molecule has 7 heteroatoms. The summed E-state index contributed by atoms with van der Waals surface area (Å²) in [6.45, 7) is 7.40. The molecule has 0 aromatic heterocycles. The van der Waals surface area contributed by atoms with Gasteiger partial charge in [0.15, 0.2) is 5.96 Å². The summed E-state index contributed by atoms with van der Waals surface area (Å²) in [5.41, 5.74) is 3.55. The zero-order chi connectivity index (χ0) is 22.0. The maximum Gasteiger partial charge on any atom is 0.191 e. The van der Waals surface area contributed by atoms with Crippen molar-refractivity contribution in [3.05, 3.63) is 71.3 Å². The van der Waals surface area contributed by atoms with E-state index in [-0.39, 0.29) is 24.0 Å². The maximum atomic E-state index is 5.91. The number of nitrogens with one attached hydrogen (secondary N) is 2. The van der Waals surface area contributed by atoms with Crippen LogP contribution in [0.1, 0.15) is 36.5 Å². The van der Waals surface area contributed by atoms with Crippen LogP contribution >= 0.6 is 24.0 Å². The Kier molecular flexibility index (Phi) is 16.7. The third-order valence-electron chi connectivity index (χ3n) is 4.71. The van der Waals surface area contributed by atoms with E-state index in [1.807, 2.05) is 30.3 Å². The van der Waals surface area contributed by atoms with Crippen molar-refractivity contribution in [3.8, 4) is 0 Å². The van der Waals surface area contributed by atoms with Gasteiger partial charge in [0.05, 0.1) is 33.0 Å². The van der Waals surface area contributed by atoms with Gasteiger partial charge in [0.25, 0.3) is 0 Å². The van der Waals surface area contributed by atoms with Gasteiger partial charge in [-0.15, -0.1) is 24.0 Å². The van der Waals surface area contributed by atoms with E-state index in [0.29, 0.717) is 46.1 Å². The summed E-state index contributed by atoms with van der Waals surface area (Å²) in [5.74, 6) is 0.753. The number of nitrogens with zero attached hydrogens (tertiary/aromatic N) is 1. The van der Waals surface area contributed by atoms with E-state index < -0.39 is 0 Å². The molecule has 0 fully saturated rings. The van der Waals surface area contributed by atoms with Gasteiger partial charge in [-0.1, -0.05) is 67.9 Å². The number of hydrogen-bond donors (Lipinski definition) is 2. The largest absolute Gasteiger partial charge is 0.379 e. The SMILES string of the molecule is CCCCOCCOCCNC(=NC)NCc1ccccc1COCc1ccccc1.I. The molecule has 0 bridgehead atoms. The van der Waals surface area contributed by atoms with Crippen molar-refractivity contribution in [3.63, 3.8) is 0 Å². The first kappa shape index (κ1) is 28.4. The number of hydrogen-bond acceptors (Lipinski definition) is 4. The van der Waals surface area contributed by atoms with Crippen LogP contribution in [0.2, 0.25) is 0 Å². The molecule has 0 aliphatic heterocycles. The Morgan fingerprint density at radius 2 is 1.47 bits per heavy atom. The molecule has 2 aromatic carbocycles. The van der Waals surface area contributed by atoms with Crippen LogP contribution in [0.5, 0.6) is 0 Å². The lowest BCUT2D eigenvalue weighted by Gasteiger charge is -2.15. The van der Waals surface area contributed by atoms with Gasteiger partial charge >= 0.3 is 0 Å². The highest BCUT2D eigenvalue weighted by atomic mass is 127. The standard InChI is InChI=1S/C25H37N3O3.HI/c1-3-4-15-29-17-18-30-16-14-27-25(26-2)28-19-23-12-8-9-13-24(23)21-31-20-22-10-6-5-7-11-22;/h5-13H,3-4,14-21H2,1-2H3,(H2,26,27,28);1H. The molecule has 0 amide bonds. The van der Waals surface area contributed by atoms with Crippen LogP contribution < -0.4 is 10.6 Å². The van der Waals surface area contributed by atoms with E-state index in [9.17, 15) is 0 Å². The Labute approximate surface area is 210 Å². The normalized spacial score (nSPS) is 11.1. The van der Waals surface area contributed by atoms with E-state index in [1.165, 1.54) is 16.7 Å². The molecule has 0 saturated heterocycles. The molecule has 0 unspecified atom stereocenters. The fourth-order valence-corrected chi connectivity index (χ4v) is 2.93. The molecule has 32 heavy (non-hydrogen) atoms. The average molecular weight is 556 g/mol. The summed E-state index contributed by atoms with van der Waals surface area (Å²) in [7, 11) is 1.77. The van der Waals surface area contributed by atoms with Crippen LogP contribution in [0, 0.1) is 0 Å². The third kappa shape index (κ3) is 12.4. The minimum atomic E-state index is 0. The quantitative estimate of drug-likeness (QED) is 0.147. The first-order chi connectivity index (χ1) is 15.3. The summed E-state index contributed by atoms with van der Waals surface area (Å²) < 4.78 is 17.0. The van der Waals surface area contributed by atoms with Crippen molar-refractivity contribution in [1.82, 2.24) is 10.6 Å². The van der Waals surface area contributed by atoms with Gasteiger partial charge in [-0.25, -0.2) is 0 Å². The number of rotatable bonds is 15. The fourth-order valence-electron chi connectivity index (χ4n) is 2.93. The van der Waals surface area contributed by atoms with Crippen molar-refractivity contribution in [2.75, 3.05) is 40.0 Å². The van der Waals surface area contributed by atoms with Gasteiger partial charge in [-0.2, -0.15) is 0 Å². The van der Waals surface area contributed by atoms with Gasteiger partial charge in [0, 0.05) is 26.7 Å². The molecule has 0 radical (unpaired) electrons. The monoisotopic (exact) mass is 555 g/mol. The second-order valence-corrected chi connectivity index (χ2v) is 7.18. The molecule has 0 atom stereocenters. The first-order valence-corrected chi connectivity index (χ1v) is 11.1. The van der Waals surface area contributed by atoms with Crippen LogP contribution in [-0.2, 0) is 34.0 Å². The maximum absolute atomic E-state index is 5.91. The molecule has 0 spiro atoms. The molecule has 0 aliphatic carbocycles. The van der Waals surface area contributed by atoms with E-state index in [0.717, 1.165) is 25.4 Å². The molecule has 2 aromatic rings. The highest BCUT2D eigenvalue weighted by Gasteiger charge is 2.04. The lowest BCUT2D eigenvalue weighted by Crippen LogP contribution is -2.38. The van der Waals surface area contributed by atoms with Gasteiger partial charge in [0.1, 0.15) is 0 Å². The lowest BCUT2D eigenvalue weighted by atomic mass is 10.1. The van der Waals surface area contributed by atoms with Crippen molar-refractivity contribution in [2.24, 2.45) is 4.99 Å². The molecule has 0 heterocycles. The number of aliphatic imine (C=N–C) groups is 1. The molecule has 2 rings (SSSR count). The van der Waals surface area contributed by atoms with E-state index >= 15 is 0 Å². The van der Waals surface area contributed by atoms with Crippen LogP contribution in [-0.4, -0.2) is 46.0 Å². The summed E-state index contributed by atoms with van der Waals surface area (Å²) in [5, 5.41) is 6.64. The Hall–Kier alpha value is -1.68. The second-order valence-electron chi connectivity index (χ2n) is 7.18. The van der Waals surface area contributed by atoms with E-state index in [1.54, 1.807) is 7.05 Å². The molecule has 2 N–H and O–H groups in total. The van der Waals surface area contributed by atoms with Crippen molar-refractivity contribution in [1.29, 1.82) is 0 Å². The van der Waals surface area contributed by atoms with Crippen molar-refractivity contribution >= 4 is 29.9 Å². The first-order valence-electron chi connectivity index (χ1n) is 11.1. The number of ether oxygens (including phenoxy) is 3. The molecule has 178 valence electrons. The summed E-state index contributed by atoms with van der Waals surface area (Å²) >= 11 is 0. The van der Waals surface area contributed by atoms with Gasteiger partial charge in [0.2, 0.25) is 0 Å². The topological polar surface area (TPSA) is 64.1 Å². The van der Waals surface area contributed by atoms with Crippen molar-refractivity contribution in [2.45, 2.75) is 39.5 Å². The van der Waals surface area contributed by atoms with Crippen LogP contribution in [0.25, 0.3) is 0 Å². The summed E-state index contributed by atoms with van der Waals surface area (Å²) in [6.07, 6.45) is 2.26. The predicted molar refractivity (Wildman–Crippen MR) is 142 cm³/mol. The highest BCUT2D eigenvalue weighted by molar-refractivity contribution is 14.0. The molecule has 0 saturated carbocycles. The summed E-state index contributed by atoms with van der Waals surface area (Å²) in [6, 6.07) is 18.5.